The van der Waals surface area contributed by atoms with E-state index < -0.39 is 0 Å². The first kappa shape index (κ1) is 24.7. The van der Waals surface area contributed by atoms with Crippen LogP contribution in [-0.2, 0) is 24.4 Å². The topological polar surface area (TPSA) is 37.3 Å². The Morgan fingerprint density at radius 2 is 1.61 bits per heavy atom. The van der Waals surface area contributed by atoms with Gasteiger partial charge in [0.05, 0.1) is 0 Å². The monoisotopic (exact) mass is 497 g/mol. The molecule has 0 atom stereocenters. The number of fused-ring (bicyclic) bond motifs is 1. The minimum Gasteiger partial charge on any atom is -0.352 e. The standard InChI is InChI=1S/C31H35N3OS/c1-23-7-9-25(10-8-23)21-34-28(19-27-5-3-4-6-30(27)34)22-33-17-15-26(16-18-33)31(35)32-20-24-11-13-29(36-2)14-12-24/h3-14,19,26H,15-18,20-22H2,1-2H3,(H,32,35). The Labute approximate surface area is 218 Å². The summed E-state index contributed by atoms with van der Waals surface area (Å²) < 4.78 is 2.46. The highest BCUT2D eigenvalue weighted by molar-refractivity contribution is 7.98. The van der Waals surface area contributed by atoms with Crippen molar-refractivity contribution in [2.45, 2.75) is 44.3 Å². The average molecular weight is 498 g/mol. The molecule has 1 N–H and O–H groups in total. The van der Waals surface area contributed by atoms with E-state index in [4.69, 9.17) is 0 Å². The highest BCUT2D eigenvalue weighted by Gasteiger charge is 2.25. The fourth-order valence-electron chi connectivity index (χ4n) is 5.12. The molecule has 3 aromatic carbocycles. The third-order valence-corrected chi connectivity index (χ3v) is 8.07. The Morgan fingerprint density at radius 1 is 0.917 bits per heavy atom. The Balaban J connectivity index is 1.19. The number of amides is 1. The summed E-state index contributed by atoms with van der Waals surface area (Å²) in [6.07, 6.45) is 3.90. The Morgan fingerprint density at radius 3 is 2.33 bits per heavy atom. The number of carbonyl (C=O) groups is 1. The van der Waals surface area contributed by atoms with Crippen LogP contribution in [0.5, 0.6) is 0 Å². The van der Waals surface area contributed by atoms with Gasteiger partial charge >= 0.3 is 0 Å². The van der Waals surface area contributed by atoms with Crippen molar-refractivity contribution in [3.8, 4) is 0 Å². The van der Waals surface area contributed by atoms with Crippen molar-refractivity contribution in [1.82, 2.24) is 14.8 Å². The molecule has 0 radical (unpaired) electrons. The second-order valence-corrected chi connectivity index (χ2v) is 10.8. The lowest BCUT2D eigenvalue weighted by Gasteiger charge is -2.31. The van der Waals surface area contributed by atoms with Gasteiger partial charge in [0.1, 0.15) is 0 Å². The summed E-state index contributed by atoms with van der Waals surface area (Å²) in [6, 6.07) is 28.3. The lowest BCUT2D eigenvalue weighted by molar-refractivity contribution is -0.126. The molecular formula is C31H35N3OS. The van der Waals surface area contributed by atoms with Crippen LogP contribution in [0.3, 0.4) is 0 Å². The van der Waals surface area contributed by atoms with Crippen LogP contribution in [0.15, 0.2) is 83.8 Å². The molecule has 0 unspecified atom stereocenters. The van der Waals surface area contributed by atoms with E-state index in [2.05, 4.69) is 107 Å². The molecule has 1 saturated heterocycles. The zero-order valence-electron chi connectivity index (χ0n) is 21.2. The van der Waals surface area contributed by atoms with Gasteiger partial charge in [-0.05, 0) is 79.9 Å². The van der Waals surface area contributed by atoms with E-state index in [9.17, 15) is 4.79 Å². The number of piperidine rings is 1. The SMILES string of the molecule is CSc1ccc(CNC(=O)C2CCN(Cc3cc4ccccc4n3Cc3ccc(C)cc3)CC2)cc1. The number of benzene rings is 3. The molecule has 2 heterocycles. The van der Waals surface area contributed by atoms with Crippen molar-refractivity contribution in [2.75, 3.05) is 19.3 Å². The second kappa shape index (κ2) is 11.4. The van der Waals surface area contributed by atoms with Gasteiger partial charge in [-0.15, -0.1) is 11.8 Å². The number of aromatic nitrogens is 1. The number of para-hydroxylation sites is 1. The van der Waals surface area contributed by atoms with Crippen LogP contribution < -0.4 is 5.32 Å². The van der Waals surface area contributed by atoms with Gasteiger partial charge in [0.25, 0.3) is 0 Å². The maximum atomic E-state index is 12.8. The quantitative estimate of drug-likeness (QED) is 0.293. The number of carbonyl (C=O) groups excluding carboxylic acids is 1. The zero-order chi connectivity index (χ0) is 24.9. The molecule has 5 heteroatoms. The number of hydrogen-bond donors (Lipinski definition) is 1. The third-order valence-electron chi connectivity index (χ3n) is 7.33. The van der Waals surface area contributed by atoms with E-state index in [1.807, 2.05) is 0 Å². The first-order valence-corrected chi connectivity index (χ1v) is 14.1. The number of hydrogen-bond acceptors (Lipinski definition) is 3. The number of thioether (sulfide) groups is 1. The van der Waals surface area contributed by atoms with E-state index in [0.29, 0.717) is 6.54 Å². The summed E-state index contributed by atoms with van der Waals surface area (Å²) in [6.45, 7) is 6.43. The van der Waals surface area contributed by atoms with Crippen molar-refractivity contribution in [1.29, 1.82) is 0 Å². The van der Waals surface area contributed by atoms with Crippen LogP contribution in [0, 0.1) is 12.8 Å². The average Bonchev–Trinajstić information content (AvgIpc) is 3.26. The van der Waals surface area contributed by atoms with Crippen LogP contribution in [0.4, 0.5) is 0 Å². The molecule has 1 aliphatic heterocycles. The normalized spacial score (nSPS) is 14.8. The molecule has 186 valence electrons. The van der Waals surface area contributed by atoms with Crippen LogP contribution in [0.1, 0.15) is 35.2 Å². The maximum absolute atomic E-state index is 12.8. The van der Waals surface area contributed by atoms with Crippen molar-refractivity contribution < 1.29 is 4.79 Å². The lowest BCUT2D eigenvalue weighted by atomic mass is 9.95. The molecule has 1 aromatic heterocycles. The van der Waals surface area contributed by atoms with Crippen molar-refractivity contribution >= 4 is 28.6 Å². The molecule has 0 bridgehead atoms. The van der Waals surface area contributed by atoms with Gasteiger partial charge in [-0.25, -0.2) is 0 Å². The summed E-state index contributed by atoms with van der Waals surface area (Å²) in [5.41, 5.74) is 6.39. The molecular weight excluding hydrogens is 462 g/mol. The molecule has 1 amide bonds. The first-order chi connectivity index (χ1) is 17.6. The Bertz CT molecular complexity index is 1300. The van der Waals surface area contributed by atoms with Crippen LogP contribution >= 0.6 is 11.8 Å². The van der Waals surface area contributed by atoms with Gasteiger partial charge in [0.15, 0.2) is 0 Å². The predicted octanol–water partition coefficient (Wildman–Crippen LogP) is 6.25. The fourth-order valence-corrected chi connectivity index (χ4v) is 5.53. The van der Waals surface area contributed by atoms with E-state index >= 15 is 0 Å². The van der Waals surface area contributed by atoms with Crippen LogP contribution in [-0.4, -0.2) is 34.7 Å². The van der Waals surface area contributed by atoms with Crippen molar-refractivity contribution in [3.05, 3.63) is 101 Å². The van der Waals surface area contributed by atoms with Gasteiger partial charge in [-0.3, -0.25) is 9.69 Å². The summed E-state index contributed by atoms with van der Waals surface area (Å²) in [5.74, 6) is 0.294. The number of aryl methyl sites for hydroxylation is 1. The minimum atomic E-state index is 0.102. The molecule has 0 aliphatic carbocycles. The summed E-state index contributed by atoms with van der Waals surface area (Å²) in [4.78, 5) is 16.6. The van der Waals surface area contributed by atoms with Crippen LogP contribution in [0.25, 0.3) is 10.9 Å². The molecule has 36 heavy (non-hydrogen) atoms. The number of nitrogens with zero attached hydrogens (tertiary/aromatic N) is 2. The van der Waals surface area contributed by atoms with Gasteiger partial charge in [-0.1, -0.05) is 60.2 Å². The third kappa shape index (κ3) is 5.85. The largest absolute Gasteiger partial charge is 0.352 e. The van der Waals surface area contributed by atoms with E-state index in [1.165, 1.54) is 32.6 Å². The second-order valence-electron chi connectivity index (χ2n) is 9.88. The zero-order valence-corrected chi connectivity index (χ0v) is 22.1. The Kier molecular flexibility index (Phi) is 7.78. The first-order valence-electron chi connectivity index (χ1n) is 12.8. The maximum Gasteiger partial charge on any atom is 0.223 e. The highest BCUT2D eigenvalue weighted by Crippen LogP contribution is 2.25. The summed E-state index contributed by atoms with van der Waals surface area (Å²) in [7, 11) is 0. The van der Waals surface area contributed by atoms with E-state index in [0.717, 1.165) is 44.6 Å². The number of rotatable bonds is 8. The summed E-state index contributed by atoms with van der Waals surface area (Å²) in [5, 5.41) is 4.45. The van der Waals surface area contributed by atoms with Gasteiger partial charge in [0, 0.05) is 41.7 Å². The van der Waals surface area contributed by atoms with E-state index in [1.54, 1.807) is 11.8 Å². The molecule has 1 fully saturated rings. The summed E-state index contributed by atoms with van der Waals surface area (Å²) >= 11 is 1.73. The van der Waals surface area contributed by atoms with Crippen molar-refractivity contribution in [3.63, 3.8) is 0 Å². The van der Waals surface area contributed by atoms with Gasteiger partial charge in [-0.2, -0.15) is 0 Å². The molecule has 0 spiro atoms. The highest BCUT2D eigenvalue weighted by atomic mass is 32.2. The van der Waals surface area contributed by atoms with Gasteiger partial charge < -0.3 is 9.88 Å². The molecule has 0 saturated carbocycles. The minimum absolute atomic E-state index is 0.102. The fraction of sp³-hybridized carbons (Fsp3) is 0.323. The molecule has 1 aliphatic rings. The molecule has 4 aromatic rings. The Hall–Kier alpha value is -3.02. The lowest BCUT2D eigenvalue weighted by Crippen LogP contribution is -2.40. The number of nitrogens with one attached hydrogen (secondary N) is 1. The van der Waals surface area contributed by atoms with E-state index in [-0.39, 0.29) is 11.8 Å². The number of likely N-dealkylation sites (tertiary alicyclic amines) is 1. The van der Waals surface area contributed by atoms with Crippen molar-refractivity contribution in [2.24, 2.45) is 5.92 Å². The molecule has 4 nitrogen and oxygen atoms in total. The van der Waals surface area contributed by atoms with Crippen LogP contribution in [0.2, 0.25) is 0 Å². The smallest absolute Gasteiger partial charge is 0.223 e. The predicted molar refractivity (Wildman–Crippen MR) is 150 cm³/mol. The molecule has 5 rings (SSSR count). The van der Waals surface area contributed by atoms with Gasteiger partial charge in [0.2, 0.25) is 5.91 Å².